The molecule has 0 spiro atoms. The third-order valence-corrected chi connectivity index (χ3v) is 1.73. The molecule has 0 fully saturated rings. The van der Waals surface area contributed by atoms with Crippen LogP contribution in [0.1, 0.15) is 5.56 Å². The zero-order valence-corrected chi connectivity index (χ0v) is 7.43. The normalized spacial score (nSPS) is 11.1. The third kappa shape index (κ3) is 2.84. The number of benzene rings is 1. The van der Waals surface area contributed by atoms with Crippen LogP contribution in [-0.2, 0) is 16.7 Å². The highest BCUT2D eigenvalue weighted by Crippen LogP contribution is 2.30. The van der Waals surface area contributed by atoms with E-state index in [-0.39, 0.29) is 5.69 Å². The molecule has 0 N–H and O–H groups in total. The summed E-state index contributed by atoms with van der Waals surface area (Å²) in [5.74, 6) is 0. The molecule has 0 aliphatic heterocycles. The maximum absolute atomic E-state index is 12.0. The van der Waals surface area contributed by atoms with Gasteiger partial charge in [0.05, 0.1) is 11.3 Å². The molecule has 0 aliphatic rings. The van der Waals surface area contributed by atoms with Crippen LogP contribution in [0.5, 0.6) is 0 Å². The van der Waals surface area contributed by atoms with Gasteiger partial charge < -0.3 is 0 Å². The second kappa shape index (κ2) is 3.79. The molecule has 7 heteroatoms. The van der Waals surface area contributed by atoms with Gasteiger partial charge in [-0.3, -0.25) is 0 Å². The van der Waals surface area contributed by atoms with Crippen LogP contribution in [0.15, 0.2) is 28.6 Å². The Morgan fingerprint density at radius 3 is 1.93 bits per heavy atom. The standard InChI is InChI=1S/C7H4F3NO2S/c8-7(9,10)5-1-3-6(4-2-5)11-14(12)13/h1-4H. The van der Waals surface area contributed by atoms with Gasteiger partial charge in [-0.25, -0.2) is 0 Å². The maximum atomic E-state index is 12.0. The Morgan fingerprint density at radius 2 is 1.57 bits per heavy atom. The monoisotopic (exact) mass is 223 g/mol. The highest BCUT2D eigenvalue weighted by Gasteiger charge is 2.29. The molecule has 1 aromatic rings. The molecule has 0 unspecified atom stereocenters. The molecule has 0 saturated carbocycles. The van der Waals surface area contributed by atoms with E-state index in [2.05, 4.69) is 4.36 Å². The van der Waals surface area contributed by atoms with E-state index in [0.717, 1.165) is 24.3 Å². The summed E-state index contributed by atoms with van der Waals surface area (Å²) in [6, 6.07) is 3.51. The Labute approximate surface area is 78.9 Å². The van der Waals surface area contributed by atoms with Gasteiger partial charge in [0.2, 0.25) is 0 Å². The van der Waals surface area contributed by atoms with Crippen molar-refractivity contribution in [3.8, 4) is 0 Å². The first-order valence-electron chi connectivity index (χ1n) is 3.38. The summed E-state index contributed by atoms with van der Waals surface area (Å²) in [6.45, 7) is 0. The number of halogens is 3. The average Bonchev–Trinajstić information content (AvgIpc) is 2.02. The first-order chi connectivity index (χ1) is 6.39. The van der Waals surface area contributed by atoms with Crippen LogP contribution in [0, 0.1) is 0 Å². The minimum Gasteiger partial charge on any atom is -0.166 e. The molecule has 14 heavy (non-hydrogen) atoms. The highest BCUT2D eigenvalue weighted by molar-refractivity contribution is 7.61. The molecule has 0 atom stereocenters. The average molecular weight is 223 g/mol. The van der Waals surface area contributed by atoms with Gasteiger partial charge in [0.25, 0.3) is 0 Å². The first kappa shape index (κ1) is 10.7. The fourth-order valence-electron chi connectivity index (χ4n) is 0.797. The number of hydrogen-bond donors (Lipinski definition) is 0. The third-order valence-electron chi connectivity index (χ3n) is 1.37. The van der Waals surface area contributed by atoms with Crippen molar-refractivity contribution in [2.24, 2.45) is 4.36 Å². The van der Waals surface area contributed by atoms with Crippen LogP contribution in [0.25, 0.3) is 0 Å². The maximum Gasteiger partial charge on any atom is 0.416 e. The van der Waals surface area contributed by atoms with Gasteiger partial charge in [0.1, 0.15) is 0 Å². The molecule has 1 aromatic carbocycles. The van der Waals surface area contributed by atoms with Crippen molar-refractivity contribution < 1.29 is 21.6 Å². The van der Waals surface area contributed by atoms with E-state index in [0.29, 0.717) is 0 Å². The molecule has 0 amide bonds. The smallest absolute Gasteiger partial charge is 0.166 e. The lowest BCUT2D eigenvalue weighted by Gasteiger charge is -2.04. The van der Waals surface area contributed by atoms with E-state index >= 15 is 0 Å². The highest BCUT2D eigenvalue weighted by atomic mass is 32.2. The van der Waals surface area contributed by atoms with Crippen LogP contribution >= 0.6 is 0 Å². The van der Waals surface area contributed by atoms with E-state index in [1.165, 1.54) is 0 Å². The second-order valence-corrected chi connectivity index (χ2v) is 2.97. The summed E-state index contributed by atoms with van der Waals surface area (Å²) in [6.07, 6.45) is -4.42. The quantitative estimate of drug-likeness (QED) is 0.733. The SMILES string of the molecule is O=S(=O)=Nc1ccc(C(F)(F)F)cc1. The minimum absolute atomic E-state index is 0.0358. The first-order valence-corrected chi connectivity index (χ1v) is 4.41. The summed E-state index contributed by atoms with van der Waals surface area (Å²) in [7, 11) is -2.65. The van der Waals surface area contributed by atoms with Crippen molar-refractivity contribution in [2.75, 3.05) is 0 Å². The van der Waals surface area contributed by atoms with Crippen LogP contribution in [0.4, 0.5) is 18.9 Å². The van der Waals surface area contributed by atoms with Crippen molar-refractivity contribution in [1.82, 2.24) is 0 Å². The Balaban J connectivity index is 3.07. The molecular weight excluding hydrogens is 219 g/mol. The molecular formula is C7H4F3NO2S. The fraction of sp³-hybridized carbons (Fsp3) is 0.143. The summed E-state index contributed by atoms with van der Waals surface area (Å²) < 4.78 is 59.2. The second-order valence-electron chi connectivity index (χ2n) is 2.35. The molecule has 76 valence electrons. The Kier molecular flexibility index (Phi) is 2.90. The molecule has 0 aliphatic carbocycles. The van der Waals surface area contributed by atoms with Gasteiger partial charge in [-0.2, -0.15) is 21.6 Å². The van der Waals surface area contributed by atoms with Crippen molar-refractivity contribution in [3.05, 3.63) is 29.8 Å². The molecule has 0 bridgehead atoms. The van der Waals surface area contributed by atoms with Gasteiger partial charge in [-0.05, 0) is 24.3 Å². The number of rotatable bonds is 1. The van der Waals surface area contributed by atoms with E-state index in [4.69, 9.17) is 0 Å². The topological polar surface area (TPSA) is 46.5 Å². The van der Waals surface area contributed by atoms with Crippen molar-refractivity contribution in [2.45, 2.75) is 6.18 Å². The van der Waals surface area contributed by atoms with E-state index in [1.807, 2.05) is 0 Å². The van der Waals surface area contributed by atoms with E-state index in [9.17, 15) is 21.6 Å². The Morgan fingerprint density at radius 1 is 1.07 bits per heavy atom. The lowest BCUT2D eigenvalue weighted by molar-refractivity contribution is -0.137. The Hall–Kier alpha value is -1.37. The van der Waals surface area contributed by atoms with Crippen LogP contribution in [0.3, 0.4) is 0 Å². The van der Waals surface area contributed by atoms with Crippen molar-refractivity contribution >= 4 is 16.2 Å². The van der Waals surface area contributed by atoms with Crippen molar-refractivity contribution in [1.29, 1.82) is 0 Å². The predicted octanol–water partition coefficient (Wildman–Crippen LogP) is 2.40. The van der Waals surface area contributed by atoms with Gasteiger partial charge in [0.15, 0.2) is 0 Å². The van der Waals surface area contributed by atoms with Gasteiger partial charge in [-0.1, -0.05) is 0 Å². The van der Waals surface area contributed by atoms with Crippen molar-refractivity contribution in [3.63, 3.8) is 0 Å². The summed E-state index contributed by atoms with van der Waals surface area (Å²) in [5.41, 5.74) is -0.875. The number of hydrogen-bond acceptors (Lipinski definition) is 3. The Bertz CT molecular complexity index is 439. The molecule has 0 saturated heterocycles. The predicted molar refractivity (Wildman–Crippen MR) is 42.5 cm³/mol. The fourth-order valence-corrected chi connectivity index (χ4v) is 1.09. The van der Waals surface area contributed by atoms with Gasteiger partial charge in [0, 0.05) is 0 Å². The number of nitrogens with zero attached hydrogens (tertiary/aromatic N) is 1. The molecule has 1 rings (SSSR count). The lowest BCUT2D eigenvalue weighted by atomic mass is 10.2. The number of alkyl halides is 3. The molecule has 0 aromatic heterocycles. The molecule has 0 radical (unpaired) electrons. The summed E-state index contributed by atoms with van der Waals surface area (Å²) in [5, 5.41) is 0. The summed E-state index contributed by atoms with van der Waals surface area (Å²) >= 11 is 0. The zero-order valence-electron chi connectivity index (χ0n) is 6.62. The summed E-state index contributed by atoms with van der Waals surface area (Å²) in [4.78, 5) is 0. The molecule has 0 heterocycles. The van der Waals surface area contributed by atoms with E-state index < -0.39 is 22.2 Å². The zero-order chi connectivity index (χ0) is 10.8. The van der Waals surface area contributed by atoms with Gasteiger partial charge in [-0.15, -0.1) is 4.36 Å². The van der Waals surface area contributed by atoms with Crippen LogP contribution in [0.2, 0.25) is 0 Å². The largest absolute Gasteiger partial charge is 0.416 e. The molecule has 3 nitrogen and oxygen atoms in total. The lowest BCUT2D eigenvalue weighted by Crippen LogP contribution is -2.03. The minimum atomic E-state index is -4.42. The van der Waals surface area contributed by atoms with Crippen LogP contribution in [-0.4, -0.2) is 8.42 Å². The van der Waals surface area contributed by atoms with E-state index in [1.54, 1.807) is 0 Å². The van der Waals surface area contributed by atoms with Gasteiger partial charge >= 0.3 is 16.7 Å². The van der Waals surface area contributed by atoms with Crippen LogP contribution < -0.4 is 0 Å².